The van der Waals surface area contributed by atoms with E-state index in [1.54, 1.807) is 12.0 Å². The van der Waals surface area contributed by atoms with E-state index in [9.17, 15) is 9.59 Å². The highest BCUT2D eigenvalue weighted by Crippen LogP contribution is 2.30. The highest BCUT2D eigenvalue weighted by molar-refractivity contribution is 5.98. The molecule has 2 aromatic carbocycles. The van der Waals surface area contributed by atoms with Crippen molar-refractivity contribution in [3.63, 3.8) is 0 Å². The van der Waals surface area contributed by atoms with E-state index < -0.39 is 0 Å². The fourth-order valence-electron chi connectivity index (χ4n) is 3.86. The summed E-state index contributed by atoms with van der Waals surface area (Å²) in [5.74, 6) is 0.391. The van der Waals surface area contributed by atoms with Crippen molar-refractivity contribution in [3.05, 3.63) is 70.8 Å². The quantitative estimate of drug-likeness (QED) is 0.529. The molecule has 0 atom stereocenters. The van der Waals surface area contributed by atoms with Gasteiger partial charge >= 0.3 is 5.69 Å². The van der Waals surface area contributed by atoms with Crippen molar-refractivity contribution in [3.8, 4) is 22.7 Å². The van der Waals surface area contributed by atoms with E-state index in [-0.39, 0.29) is 17.3 Å². The number of amides is 1. The average molecular weight is 437 g/mol. The van der Waals surface area contributed by atoms with E-state index in [0.717, 1.165) is 25.1 Å². The molecule has 0 bridgehead atoms. The summed E-state index contributed by atoms with van der Waals surface area (Å²) < 4.78 is 12.6. The zero-order valence-electron chi connectivity index (χ0n) is 18.2. The molecule has 3 aromatic rings. The van der Waals surface area contributed by atoms with E-state index in [4.69, 9.17) is 9.47 Å². The molecule has 0 unspecified atom stereocenters. The van der Waals surface area contributed by atoms with Gasteiger partial charge in [0.1, 0.15) is 11.4 Å². The van der Waals surface area contributed by atoms with Crippen molar-refractivity contribution < 1.29 is 14.3 Å². The Morgan fingerprint density at radius 1 is 1.00 bits per heavy atom. The predicted molar refractivity (Wildman–Crippen MR) is 123 cm³/mol. The van der Waals surface area contributed by atoms with Gasteiger partial charge in [0.25, 0.3) is 5.91 Å². The van der Waals surface area contributed by atoms with Gasteiger partial charge in [0.05, 0.1) is 18.0 Å². The van der Waals surface area contributed by atoms with Gasteiger partial charge in [0, 0.05) is 51.9 Å². The molecule has 0 aliphatic carbocycles. The third-order valence-electron chi connectivity index (χ3n) is 5.42. The maximum absolute atomic E-state index is 13.4. The fraction of sp³-hybridized carbons (Fsp3) is 0.333. The number of imidazole rings is 1. The van der Waals surface area contributed by atoms with Crippen LogP contribution >= 0.6 is 0 Å². The van der Waals surface area contributed by atoms with Crippen LogP contribution in [0.1, 0.15) is 16.9 Å². The van der Waals surface area contributed by atoms with E-state index in [1.807, 2.05) is 54.6 Å². The van der Waals surface area contributed by atoms with Crippen LogP contribution in [0, 0.1) is 0 Å². The minimum Gasteiger partial charge on any atom is -0.491 e. The number of piperazine rings is 1. The smallest absolute Gasteiger partial charge is 0.331 e. The molecule has 0 spiro atoms. The van der Waals surface area contributed by atoms with Crippen LogP contribution in [0.25, 0.3) is 16.9 Å². The van der Waals surface area contributed by atoms with Gasteiger partial charge in [-0.1, -0.05) is 42.5 Å². The Bertz CT molecular complexity index is 1100. The van der Waals surface area contributed by atoms with Crippen molar-refractivity contribution in [2.45, 2.75) is 6.42 Å². The molecule has 1 aliphatic heterocycles. The Kier molecular flexibility index (Phi) is 7.03. The van der Waals surface area contributed by atoms with Gasteiger partial charge in [0.2, 0.25) is 0 Å². The Morgan fingerprint density at radius 2 is 1.72 bits per heavy atom. The second-order valence-corrected chi connectivity index (χ2v) is 7.56. The monoisotopic (exact) mass is 436 g/mol. The molecule has 1 saturated heterocycles. The summed E-state index contributed by atoms with van der Waals surface area (Å²) >= 11 is 0. The molecular formula is C24H28N4O4. The molecule has 1 aliphatic rings. The van der Waals surface area contributed by atoms with Crippen molar-refractivity contribution in [2.75, 3.05) is 46.5 Å². The van der Waals surface area contributed by atoms with E-state index >= 15 is 0 Å². The number of nitrogens with zero attached hydrogens (tertiary/aromatic N) is 2. The zero-order chi connectivity index (χ0) is 22.3. The lowest BCUT2D eigenvalue weighted by molar-refractivity contribution is 0.0731. The number of nitrogens with one attached hydrogen (secondary N) is 2. The summed E-state index contributed by atoms with van der Waals surface area (Å²) in [6.45, 7) is 3.70. The summed E-state index contributed by atoms with van der Waals surface area (Å²) in [5.41, 5.74) is 1.81. The molecule has 8 nitrogen and oxygen atoms in total. The number of benzene rings is 2. The predicted octanol–water partition coefficient (Wildman–Crippen LogP) is 2.29. The number of ether oxygens (including phenoxy) is 2. The highest BCUT2D eigenvalue weighted by atomic mass is 16.5. The highest BCUT2D eigenvalue weighted by Gasteiger charge is 2.27. The van der Waals surface area contributed by atoms with Crippen molar-refractivity contribution in [2.24, 2.45) is 0 Å². The average Bonchev–Trinajstić information content (AvgIpc) is 3.19. The van der Waals surface area contributed by atoms with Gasteiger partial charge < -0.3 is 24.7 Å². The van der Waals surface area contributed by atoms with Crippen molar-refractivity contribution >= 4 is 5.91 Å². The van der Waals surface area contributed by atoms with Gasteiger partial charge in [-0.3, -0.25) is 9.36 Å². The van der Waals surface area contributed by atoms with E-state index in [2.05, 4.69) is 10.3 Å². The first-order valence-corrected chi connectivity index (χ1v) is 10.8. The van der Waals surface area contributed by atoms with Crippen LogP contribution in [-0.4, -0.2) is 66.9 Å². The summed E-state index contributed by atoms with van der Waals surface area (Å²) in [5, 5.41) is 3.25. The first-order valence-electron chi connectivity index (χ1n) is 10.8. The summed E-state index contributed by atoms with van der Waals surface area (Å²) in [6, 6.07) is 16.9. The number of carbonyl (C=O) groups is 1. The summed E-state index contributed by atoms with van der Waals surface area (Å²) in [7, 11) is 1.65. The second kappa shape index (κ2) is 10.3. The van der Waals surface area contributed by atoms with Crippen LogP contribution in [0.4, 0.5) is 0 Å². The van der Waals surface area contributed by atoms with E-state index in [1.165, 1.54) is 4.57 Å². The minimum atomic E-state index is -0.379. The molecule has 168 valence electrons. The lowest BCUT2D eigenvalue weighted by Gasteiger charge is -2.27. The number of aromatic amines is 1. The maximum atomic E-state index is 13.4. The van der Waals surface area contributed by atoms with E-state index in [0.29, 0.717) is 43.4 Å². The lowest BCUT2D eigenvalue weighted by Crippen LogP contribution is -2.46. The van der Waals surface area contributed by atoms with Crippen LogP contribution in [-0.2, 0) is 4.74 Å². The SMILES string of the molecule is COCCCOc1ccccc1-n1c(-c2ccccc2)c(C(=O)N2CCNCC2)[nH]c1=O. The number of aromatic nitrogens is 2. The van der Waals surface area contributed by atoms with Crippen LogP contribution in [0.5, 0.6) is 5.75 Å². The molecule has 1 fully saturated rings. The number of hydrogen-bond acceptors (Lipinski definition) is 5. The molecule has 2 heterocycles. The topological polar surface area (TPSA) is 88.6 Å². The first-order chi connectivity index (χ1) is 15.7. The van der Waals surface area contributed by atoms with Crippen LogP contribution in [0.2, 0.25) is 0 Å². The molecule has 32 heavy (non-hydrogen) atoms. The van der Waals surface area contributed by atoms with Gasteiger partial charge in [-0.15, -0.1) is 0 Å². The number of methoxy groups -OCH3 is 1. The normalized spacial score (nSPS) is 13.8. The largest absolute Gasteiger partial charge is 0.491 e. The van der Waals surface area contributed by atoms with Crippen LogP contribution < -0.4 is 15.7 Å². The van der Waals surface area contributed by atoms with Crippen molar-refractivity contribution in [1.29, 1.82) is 0 Å². The second-order valence-electron chi connectivity index (χ2n) is 7.56. The molecule has 0 saturated carbocycles. The Hall–Kier alpha value is -3.36. The third kappa shape index (κ3) is 4.61. The third-order valence-corrected chi connectivity index (χ3v) is 5.42. The number of hydrogen-bond donors (Lipinski definition) is 2. The van der Waals surface area contributed by atoms with Crippen LogP contribution in [0.15, 0.2) is 59.4 Å². The molecule has 8 heteroatoms. The lowest BCUT2D eigenvalue weighted by atomic mass is 10.1. The Labute approximate surface area is 186 Å². The van der Waals surface area contributed by atoms with Gasteiger partial charge in [-0.2, -0.15) is 0 Å². The summed E-state index contributed by atoms with van der Waals surface area (Å²) in [6.07, 6.45) is 0.727. The number of rotatable bonds is 8. The molecular weight excluding hydrogens is 408 g/mol. The molecule has 1 aromatic heterocycles. The molecule has 0 radical (unpaired) electrons. The first kappa shape index (κ1) is 21.9. The zero-order valence-corrected chi connectivity index (χ0v) is 18.2. The van der Waals surface area contributed by atoms with Crippen molar-refractivity contribution in [1.82, 2.24) is 19.8 Å². The van der Waals surface area contributed by atoms with Gasteiger partial charge in [-0.25, -0.2) is 4.79 Å². The summed E-state index contributed by atoms with van der Waals surface area (Å²) in [4.78, 5) is 31.2. The molecule has 1 amide bonds. The van der Waals surface area contributed by atoms with Crippen LogP contribution in [0.3, 0.4) is 0 Å². The number of carbonyl (C=O) groups excluding carboxylic acids is 1. The van der Waals surface area contributed by atoms with Gasteiger partial charge in [0.15, 0.2) is 0 Å². The maximum Gasteiger partial charge on any atom is 0.331 e. The molecule has 2 N–H and O–H groups in total. The number of H-pyrrole nitrogens is 1. The molecule has 4 rings (SSSR count). The standard InChI is InChI=1S/C24H28N4O4/c1-31-16-7-17-32-20-11-6-5-10-19(20)28-22(18-8-3-2-4-9-18)21(26-24(28)30)23(29)27-14-12-25-13-15-27/h2-6,8-11,25H,7,12-17H2,1H3,(H,26,30). The Balaban J connectivity index is 1.81. The van der Waals surface area contributed by atoms with Gasteiger partial charge in [-0.05, 0) is 12.1 Å². The number of para-hydroxylation sites is 2. The fourth-order valence-corrected chi connectivity index (χ4v) is 3.86. The minimum absolute atomic E-state index is 0.181. The Morgan fingerprint density at radius 3 is 2.47 bits per heavy atom.